The molecule has 0 saturated carbocycles. The van der Waals surface area contributed by atoms with Crippen molar-refractivity contribution in [3.63, 3.8) is 0 Å². The van der Waals surface area contributed by atoms with Gasteiger partial charge in [0.15, 0.2) is 0 Å². The first kappa shape index (κ1) is 7.03. The zero-order valence-corrected chi connectivity index (χ0v) is 6.69. The number of aromatic nitrogens is 2. The summed E-state index contributed by atoms with van der Waals surface area (Å²) in [5, 5.41) is 0. The molecule has 60 valence electrons. The van der Waals surface area contributed by atoms with Crippen molar-refractivity contribution < 1.29 is 4.42 Å². The summed E-state index contributed by atoms with van der Waals surface area (Å²) in [6.45, 7) is 1.94. The molecule has 0 saturated heterocycles. The predicted molar refractivity (Wildman–Crippen MR) is 44.5 cm³/mol. The SMILES string of the molecule is Cc1cc(-c2ncco2)ccn1. The summed E-state index contributed by atoms with van der Waals surface area (Å²) in [5.41, 5.74) is 1.93. The van der Waals surface area contributed by atoms with Gasteiger partial charge in [-0.1, -0.05) is 0 Å². The van der Waals surface area contributed by atoms with Gasteiger partial charge in [-0.15, -0.1) is 0 Å². The van der Waals surface area contributed by atoms with Crippen molar-refractivity contribution in [2.75, 3.05) is 0 Å². The summed E-state index contributed by atoms with van der Waals surface area (Å²) in [6, 6.07) is 3.81. The van der Waals surface area contributed by atoms with Crippen molar-refractivity contribution in [1.29, 1.82) is 0 Å². The maximum absolute atomic E-state index is 5.14. The molecule has 2 aromatic heterocycles. The number of rotatable bonds is 1. The fourth-order valence-electron chi connectivity index (χ4n) is 1.04. The molecule has 2 heterocycles. The van der Waals surface area contributed by atoms with Gasteiger partial charge < -0.3 is 4.42 Å². The molecule has 0 N–H and O–H groups in total. The van der Waals surface area contributed by atoms with E-state index >= 15 is 0 Å². The minimum Gasteiger partial charge on any atom is -0.445 e. The second-order valence-corrected chi connectivity index (χ2v) is 2.52. The monoisotopic (exact) mass is 160 g/mol. The van der Waals surface area contributed by atoms with Crippen LogP contribution in [0, 0.1) is 6.92 Å². The molecule has 3 nitrogen and oxygen atoms in total. The van der Waals surface area contributed by atoms with Gasteiger partial charge in [0.2, 0.25) is 5.89 Å². The van der Waals surface area contributed by atoms with Crippen LogP contribution in [0.15, 0.2) is 35.2 Å². The lowest BCUT2D eigenvalue weighted by Gasteiger charge is -1.94. The van der Waals surface area contributed by atoms with E-state index in [1.165, 1.54) is 0 Å². The molecule has 12 heavy (non-hydrogen) atoms. The van der Waals surface area contributed by atoms with Crippen molar-refractivity contribution in [1.82, 2.24) is 9.97 Å². The van der Waals surface area contributed by atoms with E-state index < -0.39 is 0 Å². The van der Waals surface area contributed by atoms with Gasteiger partial charge in [0.25, 0.3) is 0 Å². The number of hydrogen-bond acceptors (Lipinski definition) is 3. The molecule has 0 aliphatic rings. The highest BCUT2D eigenvalue weighted by Crippen LogP contribution is 2.15. The Kier molecular flexibility index (Phi) is 1.63. The number of hydrogen-bond donors (Lipinski definition) is 0. The minimum absolute atomic E-state index is 0.639. The van der Waals surface area contributed by atoms with Crippen LogP contribution in [0.2, 0.25) is 0 Å². The fraction of sp³-hybridized carbons (Fsp3) is 0.111. The van der Waals surface area contributed by atoms with E-state index in [1.54, 1.807) is 18.7 Å². The molecule has 0 bridgehead atoms. The Bertz CT molecular complexity index is 368. The van der Waals surface area contributed by atoms with E-state index in [0.29, 0.717) is 5.89 Å². The zero-order valence-electron chi connectivity index (χ0n) is 6.69. The van der Waals surface area contributed by atoms with Crippen LogP contribution in [0.5, 0.6) is 0 Å². The van der Waals surface area contributed by atoms with Crippen LogP contribution in [0.25, 0.3) is 11.5 Å². The lowest BCUT2D eigenvalue weighted by Crippen LogP contribution is -1.81. The molecule has 3 heteroatoms. The normalized spacial score (nSPS) is 10.1. The maximum Gasteiger partial charge on any atom is 0.225 e. The fourth-order valence-corrected chi connectivity index (χ4v) is 1.04. The molecule has 0 aromatic carbocycles. The van der Waals surface area contributed by atoms with Crippen LogP contribution < -0.4 is 0 Å². The van der Waals surface area contributed by atoms with Crippen LogP contribution in [-0.4, -0.2) is 9.97 Å². The first-order valence-corrected chi connectivity index (χ1v) is 3.69. The van der Waals surface area contributed by atoms with Gasteiger partial charge in [0, 0.05) is 17.5 Å². The summed E-state index contributed by atoms with van der Waals surface area (Å²) in [4.78, 5) is 8.11. The molecule has 0 unspecified atom stereocenters. The number of aryl methyl sites for hydroxylation is 1. The summed E-state index contributed by atoms with van der Waals surface area (Å²) in [7, 11) is 0. The van der Waals surface area contributed by atoms with E-state index in [9.17, 15) is 0 Å². The summed E-state index contributed by atoms with van der Waals surface area (Å²) >= 11 is 0. The highest BCUT2D eigenvalue weighted by Gasteiger charge is 2.00. The van der Waals surface area contributed by atoms with Crippen molar-refractivity contribution >= 4 is 0 Å². The highest BCUT2D eigenvalue weighted by atomic mass is 16.3. The van der Waals surface area contributed by atoms with Crippen LogP contribution in [0.3, 0.4) is 0 Å². The van der Waals surface area contributed by atoms with E-state index in [0.717, 1.165) is 11.3 Å². The van der Waals surface area contributed by atoms with Crippen LogP contribution in [0.1, 0.15) is 5.69 Å². The van der Waals surface area contributed by atoms with E-state index in [2.05, 4.69) is 9.97 Å². The van der Waals surface area contributed by atoms with Crippen LogP contribution >= 0.6 is 0 Å². The van der Waals surface area contributed by atoms with Gasteiger partial charge in [-0.2, -0.15) is 0 Å². The van der Waals surface area contributed by atoms with E-state index in [-0.39, 0.29) is 0 Å². The standard InChI is InChI=1S/C9H8N2O/c1-7-6-8(2-3-10-7)9-11-4-5-12-9/h2-6H,1H3. The van der Waals surface area contributed by atoms with Gasteiger partial charge in [-0.05, 0) is 19.1 Å². The Labute approximate surface area is 70.1 Å². The quantitative estimate of drug-likeness (QED) is 0.640. The molecular formula is C9H8N2O. The number of oxazole rings is 1. The van der Waals surface area contributed by atoms with Crippen molar-refractivity contribution in [3.8, 4) is 11.5 Å². The van der Waals surface area contributed by atoms with Gasteiger partial charge in [0.1, 0.15) is 6.26 Å². The highest BCUT2D eigenvalue weighted by molar-refractivity contribution is 5.52. The Hall–Kier alpha value is -1.64. The molecule has 0 spiro atoms. The van der Waals surface area contributed by atoms with Crippen molar-refractivity contribution in [2.45, 2.75) is 6.92 Å². The lowest BCUT2D eigenvalue weighted by molar-refractivity contribution is 0.574. The molecule has 2 rings (SSSR count). The molecule has 2 aromatic rings. The van der Waals surface area contributed by atoms with Crippen molar-refractivity contribution in [3.05, 3.63) is 36.5 Å². The van der Waals surface area contributed by atoms with Crippen molar-refractivity contribution in [2.24, 2.45) is 0 Å². The maximum atomic E-state index is 5.14. The topological polar surface area (TPSA) is 38.9 Å². The average molecular weight is 160 g/mol. The second-order valence-electron chi connectivity index (χ2n) is 2.52. The Balaban J connectivity index is 2.48. The summed E-state index contributed by atoms with van der Waals surface area (Å²) < 4.78 is 5.14. The summed E-state index contributed by atoms with van der Waals surface area (Å²) in [6.07, 6.45) is 4.94. The van der Waals surface area contributed by atoms with E-state index in [4.69, 9.17) is 4.42 Å². The predicted octanol–water partition coefficient (Wildman–Crippen LogP) is 2.05. The van der Waals surface area contributed by atoms with Crippen LogP contribution in [-0.2, 0) is 0 Å². The van der Waals surface area contributed by atoms with Gasteiger partial charge >= 0.3 is 0 Å². The minimum atomic E-state index is 0.639. The number of pyridine rings is 1. The zero-order chi connectivity index (χ0) is 8.39. The average Bonchev–Trinajstić information content (AvgIpc) is 2.56. The molecular weight excluding hydrogens is 152 g/mol. The Morgan fingerprint density at radius 1 is 1.25 bits per heavy atom. The summed E-state index contributed by atoms with van der Waals surface area (Å²) in [5.74, 6) is 0.639. The number of nitrogens with zero attached hydrogens (tertiary/aromatic N) is 2. The van der Waals surface area contributed by atoms with Gasteiger partial charge in [0.05, 0.1) is 6.20 Å². The van der Waals surface area contributed by atoms with Gasteiger partial charge in [-0.3, -0.25) is 4.98 Å². The molecule has 0 radical (unpaired) electrons. The van der Waals surface area contributed by atoms with Crippen LogP contribution in [0.4, 0.5) is 0 Å². The molecule has 0 fully saturated rings. The third-order valence-corrected chi connectivity index (χ3v) is 1.58. The smallest absolute Gasteiger partial charge is 0.225 e. The third-order valence-electron chi connectivity index (χ3n) is 1.58. The largest absolute Gasteiger partial charge is 0.445 e. The molecule has 0 amide bonds. The molecule has 0 aliphatic heterocycles. The Morgan fingerprint density at radius 3 is 2.83 bits per heavy atom. The second kappa shape index (κ2) is 2.77. The van der Waals surface area contributed by atoms with Gasteiger partial charge in [-0.25, -0.2) is 4.98 Å². The Morgan fingerprint density at radius 2 is 2.17 bits per heavy atom. The first-order chi connectivity index (χ1) is 5.86. The molecule has 0 aliphatic carbocycles. The first-order valence-electron chi connectivity index (χ1n) is 3.69. The molecule has 0 atom stereocenters. The van der Waals surface area contributed by atoms with E-state index in [1.807, 2.05) is 19.1 Å². The third kappa shape index (κ3) is 1.21. The lowest BCUT2D eigenvalue weighted by atomic mass is 10.2.